The molecule has 2 aromatic rings. The number of aryl methyl sites for hydroxylation is 1. The van der Waals surface area contributed by atoms with Gasteiger partial charge < -0.3 is 32.8 Å². The maximum absolute atomic E-state index is 13.2. The highest BCUT2D eigenvalue weighted by atomic mass is 16.2. The van der Waals surface area contributed by atoms with Crippen LogP contribution in [0, 0.1) is 5.92 Å². The highest BCUT2D eigenvalue weighted by Gasteiger charge is 2.41. The summed E-state index contributed by atoms with van der Waals surface area (Å²) in [5.41, 5.74) is 18.8. The third-order valence-electron chi connectivity index (χ3n) is 5.97. The number of rotatable bonds is 8. The summed E-state index contributed by atoms with van der Waals surface area (Å²) >= 11 is 0. The van der Waals surface area contributed by atoms with Crippen LogP contribution in [0.3, 0.4) is 0 Å². The minimum absolute atomic E-state index is 0.308. The van der Waals surface area contributed by atoms with Gasteiger partial charge in [-0.25, -0.2) is 0 Å². The standard InChI is InChI=1S/C22H30N6O4/c1-11(2)18(20(31)27-16(19(24)30)9-17(23)29)28-21(32)22(25)8-7-15-13(10-22)12-5-3-4-6-14(12)26-15/h3-6,11,16,18,26H,7-10,25H2,1-2H3,(H2,23,29)(H2,24,30)(H,27,31)(H,28,32)/t16-,18-,22-/m0/s1. The number of nitrogens with two attached hydrogens (primary N) is 3. The topological polar surface area (TPSA) is 186 Å². The minimum Gasteiger partial charge on any atom is -0.370 e. The van der Waals surface area contributed by atoms with Gasteiger partial charge in [-0.05, 0) is 30.4 Å². The van der Waals surface area contributed by atoms with Crippen LogP contribution in [0.4, 0.5) is 0 Å². The lowest BCUT2D eigenvalue weighted by atomic mass is 9.79. The molecule has 1 aliphatic carbocycles. The van der Waals surface area contributed by atoms with E-state index in [-0.39, 0.29) is 5.92 Å². The predicted molar refractivity (Wildman–Crippen MR) is 119 cm³/mol. The Balaban J connectivity index is 1.76. The van der Waals surface area contributed by atoms with E-state index >= 15 is 0 Å². The van der Waals surface area contributed by atoms with Gasteiger partial charge in [0.05, 0.1) is 12.0 Å². The van der Waals surface area contributed by atoms with Gasteiger partial charge in [0.15, 0.2) is 0 Å². The SMILES string of the molecule is CC(C)[C@H](NC(=O)[C@]1(N)CCc2[nH]c3ccccc3c2C1)C(=O)N[C@@H](CC(N)=O)C(N)=O. The van der Waals surface area contributed by atoms with Crippen LogP contribution in [0.2, 0.25) is 0 Å². The number of amides is 4. The zero-order chi connectivity index (χ0) is 23.6. The van der Waals surface area contributed by atoms with Gasteiger partial charge >= 0.3 is 0 Å². The van der Waals surface area contributed by atoms with Crippen LogP contribution in [0.5, 0.6) is 0 Å². The van der Waals surface area contributed by atoms with E-state index in [1.807, 2.05) is 24.3 Å². The van der Waals surface area contributed by atoms with Gasteiger partial charge in [-0.15, -0.1) is 0 Å². The van der Waals surface area contributed by atoms with E-state index in [0.29, 0.717) is 19.3 Å². The van der Waals surface area contributed by atoms with Crippen LogP contribution >= 0.6 is 0 Å². The zero-order valence-corrected chi connectivity index (χ0v) is 18.2. The molecule has 0 bridgehead atoms. The highest BCUT2D eigenvalue weighted by molar-refractivity contribution is 5.96. The first kappa shape index (κ1) is 23.3. The highest BCUT2D eigenvalue weighted by Crippen LogP contribution is 2.33. The molecule has 1 aromatic heterocycles. The van der Waals surface area contributed by atoms with E-state index in [1.165, 1.54) is 0 Å². The summed E-state index contributed by atoms with van der Waals surface area (Å²) in [6.45, 7) is 3.50. The Morgan fingerprint density at radius 1 is 1.12 bits per heavy atom. The summed E-state index contributed by atoms with van der Waals surface area (Å²) in [7, 11) is 0. The maximum atomic E-state index is 13.2. The third-order valence-corrected chi connectivity index (χ3v) is 5.97. The van der Waals surface area contributed by atoms with Crippen LogP contribution in [0.15, 0.2) is 24.3 Å². The van der Waals surface area contributed by atoms with Crippen LogP contribution in [-0.2, 0) is 32.0 Å². The molecule has 3 rings (SSSR count). The first-order valence-corrected chi connectivity index (χ1v) is 10.6. The summed E-state index contributed by atoms with van der Waals surface area (Å²) in [5, 5.41) is 6.18. The van der Waals surface area contributed by atoms with Crippen molar-refractivity contribution in [1.82, 2.24) is 15.6 Å². The largest absolute Gasteiger partial charge is 0.370 e. The molecule has 0 saturated carbocycles. The van der Waals surface area contributed by atoms with Crippen LogP contribution in [-0.4, -0.2) is 46.2 Å². The fourth-order valence-corrected chi connectivity index (χ4v) is 4.12. The molecule has 9 N–H and O–H groups in total. The second kappa shape index (κ2) is 8.99. The Labute approximate surface area is 185 Å². The van der Waals surface area contributed by atoms with Crippen LogP contribution < -0.4 is 27.8 Å². The van der Waals surface area contributed by atoms with E-state index < -0.39 is 47.7 Å². The van der Waals surface area contributed by atoms with Gasteiger partial charge in [-0.2, -0.15) is 0 Å². The Morgan fingerprint density at radius 3 is 2.44 bits per heavy atom. The molecule has 4 amide bonds. The third kappa shape index (κ3) is 4.75. The number of carbonyl (C=O) groups excluding carboxylic acids is 4. The molecule has 0 spiro atoms. The monoisotopic (exact) mass is 442 g/mol. The Bertz CT molecular complexity index is 1060. The molecule has 0 saturated heterocycles. The number of fused-ring (bicyclic) bond motifs is 3. The number of hydrogen-bond acceptors (Lipinski definition) is 5. The molecule has 0 aliphatic heterocycles. The van der Waals surface area contributed by atoms with Crippen molar-refractivity contribution in [2.45, 2.75) is 57.2 Å². The molecule has 10 heteroatoms. The van der Waals surface area contributed by atoms with Crippen LogP contribution in [0.25, 0.3) is 10.9 Å². The molecule has 1 aliphatic rings. The fourth-order valence-electron chi connectivity index (χ4n) is 4.12. The molecular formula is C22H30N6O4. The molecule has 172 valence electrons. The van der Waals surface area contributed by atoms with E-state index in [9.17, 15) is 19.2 Å². The first-order valence-electron chi connectivity index (χ1n) is 10.6. The van der Waals surface area contributed by atoms with E-state index in [2.05, 4.69) is 15.6 Å². The Morgan fingerprint density at radius 2 is 1.81 bits per heavy atom. The molecule has 1 aromatic carbocycles. The predicted octanol–water partition coefficient (Wildman–Crippen LogP) is -0.660. The van der Waals surface area contributed by atoms with Crippen molar-refractivity contribution < 1.29 is 19.2 Å². The minimum atomic E-state index is -1.26. The van der Waals surface area contributed by atoms with Crippen molar-refractivity contribution in [3.8, 4) is 0 Å². The number of nitrogens with one attached hydrogen (secondary N) is 3. The number of H-pyrrole nitrogens is 1. The molecule has 32 heavy (non-hydrogen) atoms. The molecule has 0 fully saturated rings. The Kier molecular flexibility index (Phi) is 6.54. The van der Waals surface area contributed by atoms with Gasteiger partial charge in [-0.3, -0.25) is 19.2 Å². The number of aromatic amines is 1. The molecule has 3 atom stereocenters. The second-order valence-corrected chi connectivity index (χ2v) is 8.79. The number of benzene rings is 1. The van der Waals surface area contributed by atoms with Crippen molar-refractivity contribution in [1.29, 1.82) is 0 Å². The average molecular weight is 443 g/mol. The van der Waals surface area contributed by atoms with Crippen molar-refractivity contribution in [2.75, 3.05) is 0 Å². The normalized spacial score (nSPS) is 19.8. The molecule has 10 nitrogen and oxygen atoms in total. The summed E-state index contributed by atoms with van der Waals surface area (Å²) in [4.78, 5) is 52.1. The maximum Gasteiger partial charge on any atom is 0.243 e. The summed E-state index contributed by atoms with van der Waals surface area (Å²) < 4.78 is 0. The van der Waals surface area contributed by atoms with E-state index in [1.54, 1.807) is 13.8 Å². The van der Waals surface area contributed by atoms with Crippen molar-refractivity contribution >= 4 is 34.5 Å². The lowest BCUT2D eigenvalue weighted by Gasteiger charge is -2.34. The van der Waals surface area contributed by atoms with Gasteiger partial charge in [0.25, 0.3) is 0 Å². The smallest absolute Gasteiger partial charge is 0.243 e. The molecule has 0 unspecified atom stereocenters. The molecule has 1 heterocycles. The van der Waals surface area contributed by atoms with E-state index in [4.69, 9.17) is 17.2 Å². The van der Waals surface area contributed by atoms with Crippen molar-refractivity contribution in [2.24, 2.45) is 23.1 Å². The average Bonchev–Trinajstić information content (AvgIpc) is 3.08. The van der Waals surface area contributed by atoms with Crippen LogP contribution in [0.1, 0.15) is 37.9 Å². The number of carbonyl (C=O) groups is 4. The van der Waals surface area contributed by atoms with Gasteiger partial charge in [-0.1, -0.05) is 32.0 Å². The summed E-state index contributed by atoms with van der Waals surface area (Å²) in [5.74, 6) is -3.06. The number of hydrogen-bond donors (Lipinski definition) is 6. The first-order chi connectivity index (χ1) is 15.0. The lowest BCUT2D eigenvalue weighted by Crippen LogP contribution is -2.62. The van der Waals surface area contributed by atoms with Gasteiger partial charge in [0.1, 0.15) is 12.1 Å². The number of aromatic nitrogens is 1. The van der Waals surface area contributed by atoms with Crippen molar-refractivity contribution in [3.05, 3.63) is 35.5 Å². The molecule has 0 radical (unpaired) electrons. The number of primary amides is 2. The van der Waals surface area contributed by atoms with Gasteiger partial charge in [0, 0.05) is 23.0 Å². The number of para-hydroxylation sites is 1. The van der Waals surface area contributed by atoms with Gasteiger partial charge in [0.2, 0.25) is 23.6 Å². The van der Waals surface area contributed by atoms with E-state index in [0.717, 1.165) is 22.2 Å². The lowest BCUT2D eigenvalue weighted by molar-refractivity contribution is -0.135. The molecular weight excluding hydrogens is 412 g/mol. The summed E-state index contributed by atoms with van der Waals surface area (Å²) in [6, 6.07) is 5.61. The Hall–Kier alpha value is -3.40. The summed E-state index contributed by atoms with van der Waals surface area (Å²) in [6.07, 6.45) is 0.922. The van der Waals surface area contributed by atoms with Crippen molar-refractivity contribution in [3.63, 3.8) is 0 Å². The second-order valence-electron chi connectivity index (χ2n) is 8.79. The quantitative estimate of drug-likeness (QED) is 0.316. The fraction of sp³-hybridized carbons (Fsp3) is 0.455. The zero-order valence-electron chi connectivity index (χ0n) is 18.2.